The van der Waals surface area contributed by atoms with E-state index in [2.05, 4.69) is 0 Å². The third-order valence-electron chi connectivity index (χ3n) is 4.00. The molecule has 0 spiro atoms. The predicted octanol–water partition coefficient (Wildman–Crippen LogP) is 2.99. The van der Waals surface area contributed by atoms with E-state index in [1.54, 1.807) is 31.2 Å². The number of aromatic carboxylic acids is 1. The first kappa shape index (κ1) is 18.7. The zero-order valence-corrected chi connectivity index (χ0v) is 14.5. The van der Waals surface area contributed by atoms with Gasteiger partial charge in [0.2, 0.25) is 0 Å². The molecule has 0 aromatic heterocycles. The first-order chi connectivity index (χ1) is 12.0. The van der Waals surface area contributed by atoms with E-state index in [1.807, 2.05) is 42.3 Å². The second-order valence-electron chi connectivity index (χ2n) is 5.87. The van der Waals surface area contributed by atoms with E-state index >= 15 is 0 Å². The van der Waals surface area contributed by atoms with E-state index in [0.717, 1.165) is 11.1 Å². The van der Waals surface area contributed by atoms with Gasteiger partial charge in [0.25, 0.3) is 0 Å². The molecule has 0 heterocycles. The van der Waals surface area contributed by atoms with Crippen molar-refractivity contribution in [1.29, 1.82) is 0 Å². The first-order valence-electron chi connectivity index (χ1n) is 8.24. The van der Waals surface area contributed by atoms with Crippen molar-refractivity contribution in [3.63, 3.8) is 0 Å². The summed E-state index contributed by atoms with van der Waals surface area (Å²) in [5.41, 5.74) is 2.25. The van der Waals surface area contributed by atoms with Crippen LogP contribution in [0.4, 0.5) is 0 Å². The Bertz CT molecular complexity index is 697. The monoisotopic (exact) mass is 341 g/mol. The largest absolute Gasteiger partial charge is 0.478 e. The molecule has 2 aromatic carbocycles. The Hall–Kier alpha value is -2.66. The molecule has 0 saturated carbocycles. The summed E-state index contributed by atoms with van der Waals surface area (Å²) in [6.45, 7) is 2.66. The number of likely N-dealkylation sites (N-methyl/N-ethyl adjacent to an activating group) is 1. The fourth-order valence-electron chi connectivity index (χ4n) is 2.65. The highest BCUT2D eigenvalue weighted by atomic mass is 16.5. The number of carbonyl (C=O) groups is 2. The summed E-state index contributed by atoms with van der Waals surface area (Å²) in [6.07, 6.45) is 0.559. The van der Waals surface area contributed by atoms with Crippen molar-refractivity contribution in [3.8, 4) is 0 Å². The lowest BCUT2D eigenvalue weighted by atomic mass is 10.0. The minimum Gasteiger partial charge on any atom is -0.478 e. The van der Waals surface area contributed by atoms with Crippen molar-refractivity contribution < 1.29 is 19.4 Å². The van der Waals surface area contributed by atoms with Gasteiger partial charge in [0, 0.05) is 6.54 Å². The average Bonchev–Trinajstić information content (AvgIpc) is 2.61. The summed E-state index contributed by atoms with van der Waals surface area (Å²) in [7, 11) is 1.87. The van der Waals surface area contributed by atoms with Crippen LogP contribution in [0.5, 0.6) is 0 Å². The molecule has 0 radical (unpaired) electrons. The molecule has 0 aliphatic carbocycles. The number of carboxylic acid groups (broad SMARTS) is 1. The third kappa shape index (κ3) is 5.43. The molecule has 5 nitrogen and oxygen atoms in total. The third-order valence-corrected chi connectivity index (χ3v) is 4.00. The second kappa shape index (κ2) is 8.99. The lowest BCUT2D eigenvalue weighted by Gasteiger charge is -2.26. The van der Waals surface area contributed by atoms with E-state index in [4.69, 9.17) is 9.84 Å². The molecule has 25 heavy (non-hydrogen) atoms. The van der Waals surface area contributed by atoms with Crippen LogP contribution in [-0.2, 0) is 22.5 Å². The molecule has 0 amide bonds. The molecule has 0 saturated heterocycles. The highest BCUT2D eigenvalue weighted by Gasteiger charge is 2.25. The maximum absolute atomic E-state index is 12.4. The Morgan fingerprint density at radius 1 is 1.04 bits per heavy atom. The van der Waals surface area contributed by atoms with Crippen molar-refractivity contribution in [3.05, 3.63) is 71.3 Å². The van der Waals surface area contributed by atoms with Gasteiger partial charge in [-0.05, 0) is 43.7 Å². The van der Waals surface area contributed by atoms with Crippen LogP contribution >= 0.6 is 0 Å². The molecule has 0 bridgehead atoms. The molecule has 1 atom stereocenters. The molecule has 0 aliphatic rings. The van der Waals surface area contributed by atoms with Gasteiger partial charge in [-0.2, -0.15) is 0 Å². The van der Waals surface area contributed by atoms with Gasteiger partial charge < -0.3 is 9.84 Å². The molecular weight excluding hydrogens is 318 g/mol. The van der Waals surface area contributed by atoms with E-state index in [-0.39, 0.29) is 11.5 Å². The van der Waals surface area contributed by atoms with Gasteiger partial charge in [-0.25, -0.2) is 4.79 Å². The molecule has 2 aromatic rings. The van der Waals surface area contributed by atoms with Gasteiger partial charge in [-0.15, -0.1) is 0 Å². The Labute approximate surface area is 147 Å². The average molecular weight is 341 g/mol. The lowest BCUT2D eigenvalue weighted by Crippen LogP contribution is -2.41. The second-order valence-corrected chi connectivity index (χ2v) is 5.87. The summed E-state index contributed by atoms with van der Waals surface area (Å²) in [4.78, 5) is 25.2. The van der Waals surface area contributed by atoms with Gasteiger partial charge in [0.05, 0.1) is 12.2 Å². The van der Waals surface area contributed by atoms with Crippen LogP contribution in [0.25, 0.3) is 0 Å². The van der Waals surface area contributed by atoms with Crippen LogP contribution in [0.3, 0.4) is 0 Å². The van der Waals surface area contributed by atoms with Crippen LogP contribution in [0.15, 0.2) is 54.6 Å². The van der Waals surface area contributed by atoms with Crippen LogP contribution in [0.2, 0.25) is 0 Å². The zero-order valence-electron chi connectivity index (χ0n) is 14.5. The highest BCUT2D eigenvalue weighted by molar-refractivity contribution is 5.87. The Kier molecular flexibility index (Phi) is 6.71. The smallest absolute Gasteiger partial charge is 0.335 e. The SMILES string of the molecule is CCOC(=O)C(Cc1ccccc1)N(C)Cc1ccc(C(=O)O)cc1. The first-order valence-corrected chi connectivity index (χ1v) is 8.24. The summed E-state index contributed by atoms with van der Waals surface area (Å²) < 4.78 is 5.23. The molecule has 1 unspecified atom stereocenters. The van der Waals surface area contributed by atoms with E-state index < -0.39 is 12.0 Å². The Balaban J connectivity index is 2.12. The van der Waals surface area contributed by atoms with E-state index in [1.165, 1.54) is 0 Å². The van der Waals surface area contributed by atoms with Gasteiger partial charge in [0.1, 0.15) is 6.04 Å². The van der Waals surface area contributed by atoms with Crippen molar-refractivity contribution in [1.82, 2.24) is 4.90 Å². The van der Waals surface area contributed by atoms with E-state index in [0.29, 0.717) is 19.6 Å². The normalized spacial score (nSPS) is 12.0. The summed E-state index contributed by atoms with van der Waals surface area (Å²) in [6, 6.07) is 16.1. The van der Waals surface area contributed by atoms with Crippen LogP contribution < -0.4 is 0 Å². The maximum Gasteiger partial charge on any atom is 0.335 e. The van der Waals surface area contributed by atoms with Gasteiger partial charge in [0.15, 0.2) is 0 Å². The Morgan fingerprint density at radius 2 is 1.68 bits per heavy atom. The topological polar surface area (TPSA) is 66.8 Å². The molecule has 1 N–H and O–H groups in total. The molecule has 0 fully saturated rings. The maximum atomic E-state index is 12.4. The number of benzene rings is 2. The molecule has 0 aliphatic heterocycles. The number of carbonyl (C=O) groups excluding carboxylic acids is 1. The number of ether oxygens (including phenoxy) is 1. The summed E-state index contributed by atoms with van der Waals surface area (Å²) >= 11 is 0. The molecule has 5 heteroatoms. The van der Waals surface area contributed by atoms with Crippen molar-refractivity contribution >= 4 is 11.9 Å². The van der Waals surface area contributed by atoms with Crippen LogP contribution in [0.1, 0.15) is 28.4 Å². The predicted molar refractivity (Wildman–Crippen MR) is 95.4 cm³/mol. The van der Waals surface area contributed by atoms with Gasteiger partial charge >= 0.3 is 11.9 Å². The van der Waals surface area contributed by atoms with Crippen molar-refractivity contribution in [2.75, 3.05) is 13.7 Å². The van der Waals surface area contributed by atoms with Crippen LogP contribution in [-0.4, -0.2) is 41.6 Å². The number of hydrogen-bond donors (Lipinski definition) is 1. The minimum atomic E-state index is -0.951. The van der Waals surface area contributed by atoms with Crippen molar-refractivity contribution in [2.24, 2.45) is 0 Å². The standard InChI is InChI=1S/C20H23NO4/c1-3-25-20(24)18(13-15-7-5-4-6-8-15)21(2)14-16-9-11-17(12-10-16)19(22)23/h4-12,18H,3,13-14H2,1-2H3,(H,22,23). The van der Waals surface area contributed by atoms with Crippen LogP contribution in [0, 0.1) is 0 Å². The quantitative estimate of drug-likeness (QED) is 0.748. The van der Waals surface area contributed by atoms with Gasteiger partial charge in [-0.1, -0.05) is 42.5 Å². The molecule has 132 valence electrons. The summed E-state index contributed by atoms with van der Waals surface area (Å²) in [5, 5.41) is 8.97. The molecular formula is C20H23NO4. The fraction of sp³-hybridized carbons (Fsp3) is 0.300. The number of rotatable bonds is 8. The fourth-order valence-corrected chi connectivity index (χ4v) is 2.65. The number of nitrogens with zero attached hydrogens (tertiary/aromatic N) is 1. The van der Waals surface area contributed by atoms with Gasteiger partial charge in [-0.3, -0.25) is 9.69 Å². The minimum absolute atomic E-state index is 0.248. The van der Waals surface area contributed by atoms with Crippen molar-refractivity contribution in [2.45, 2.75) is 25.9 Å². The number of esters is 1. The number of carboxylic acids is 1. The zero-order chi connectivity index (χ0) is 18.2. The highest BCUT2D eigenvalue weighted by Crippen LogP contribution is 2.14. The summed E-state index contributed by atoms with van der Waals surface area (Å²) in [5.74, 6) is -1.20. The molecule has 2 rings (SSSR count). The number of hydrogen-bond acceptors (Lipinski definition) is 4. The Morgan fingerprint density at radius 3 is 2.24 bits per heavy atom. The lowest BCUT2D eigenvalue weighted by molar-refractivity contribution is -0.149. The van der Waals surface area contributed by atoms with E-state index in [9.17, 15) is 9.59 Å².